The minimum atomic E-state index is -3.10. The number of carbonyl (C=O) groups excluding carboxylic acids is 1. The van der Waals surface area contributed by atoms with Gasteiger partial charge in [0.25, 0.3) is 0 Å². The van der Waals surface area contributed by atoms with Crippen molar-refractivity contribution in [2.45, 2.75) is 18.2 Å². The van der Waals surface area contributed by atoms with Crippen LogP contribution in [0.1, 0.15) is 6.92 Å². The Balaban J connectivity index is 2.10. The van der Waals surface area contributed by atoms with Gasteiger partial charge in [-0.25, -0.2) is 8.42 Å². The van der Waals surface area contributed by atoms with Gasteiger partial charge in [0.05, 0.1) is 30.3 Å². The molecule has 2 saturated heterocycles. The molecule has 0 unspecified atom stereocenters. The lowest BCUT2D eigenvalue weighted by Crippen LogP contribution is -2.37. The van der Waals surface area contributed by atoms with Crippen LogP contribution in [0, 0.1) is 0 Å². The molecule has 23 heavy (non-hydrogen) atoms. The highest BCUT2D eigenvalue weighted by atomic mass is 35.5. The first-order valence-electron chi connectivity index (χ1n) is 6.90. The molecule has 2 fully saturated rings. The second-order valence-corrected chi connectivity index (χ2v) is 9.20. The van der Waals surface area contributed by atoms with E-state index in [0.717, 1.165) is 0 Å². The van der Waals surface area contributed by atoms with Gasteiger partial charge < -0.3 is 9.64 Å². The predicted molar refractivity (Wildman–Crippen MR) is 92.4 cm³/mol. The fourth-order valence-corrected chi connectivity index (χ4v) is 6.94. The van der Waals surface area contributed by atoms with Crippen LogP contribution in [-0.4, -0.2) is 49.4 Å². The van der Waals surface area contributed by atoms with Crippen molar-refractivity contribution in [1.82, 2.24) is 0 Å². The molecule has 1 aromatic carbocycles. The molecule has 0 spiro atoms. The zero-order valence-corrected chi connectivity index (χ0v) is 14.9. The first kappa shape index (κ1) is 16.6. The van der Waals surface area contributed by atoms with E-state index in [-0.39, 0.29) is 28.7 Å². The van der Waals surface area contributed by atoms with Gasteiger partial charge in [-0.05, 0) is 12.1 Å². The Morgan fingerprint density at radius 2 is 2.17 bits per heavy atom. The third-order valence-electron chi connectivity index (χ3n) is 3.72. The predicted octanol–water partition coefficient (Wildman–Crippen LogP) is 1.97. The van der Waals surface area contributed by atoms with Crippen LogP contribution in [0.15, 0.2) is 23.2 Å². The van der Waals surface area contributed by atoms with Crippen LogP contribution in [0.25, 0.3) is 0 Å². The normalized spacial score (nSPS) is 27.3. The van der Waals surface area contributed by atoms with Crippen molar-refractivity contribution in [3.63, 3.8) is 0 Å². The Morgan fingerprint density at radius 3 is 2.83 bits per heavy atom. The average molecular weight is 375 g/mol. The van der Waals surface area contributed by atoms with E-state index >= 15 is 0 Å². The van der Waals surface area contributed by atoms with E-state index < -0.39 is 9.84 Å². The van der Waals surface area contributed by atoms with Crippen molar-refractivity contribution >= 4 is 50.0 Å². The molecule has 124 valence electrons. The maximum Gasteiger partial charge on any atom is 0.244 e. The van der Waals surface area contributed by atoms with E-state index in [9.17, 15) is 13.2 Å². The number of fused-ring (bicyclic) bond motifs is 1. The number of rotatable bonds is 2. The van der Waals surface area contributed by atoms with Crippen molar-refractivity contribution in [3.05, 3.63) is 23.2 Å². The van der Waals surface area contributed by atoms with E-state index in [4.69, 9.17) is 16.3 Å². The number of aliphatic imine (C=N–C) groups is 1. The fraction of sp³-hybridized carbons (Fsp3) is 0.429. The third-order valence-corrected chi connectivity index (χ3v) is 7.17. The highest BCUT2D eigenvalue weighted by Crippen LogP contribution is 2.44. The van der Waals surface area contributed by atoms with Crippen LogP contribution in [0.2, 0.25) is 5.02 Å². The summed E-state index contributed by atoms with van der Waals surface area (Å²) in [4.78, 5) is 17.3. The maximum atomic E-state index is 12.0. The summed E-state index contributed by atoms with van der Waals surface area (Å²) >= 11 is 7.32. The molecule has 3 rings (SSSR count). The summed E-state index contributed by atoms with van der Waals surface area (Å²) in [7, 11) is -1.58. The molecule has 2 heterocycles. The molecule has 2 aliphatic rings. The molecule has 0 radical (unpaired) electrons. The van der Waals surface area contributed by atoms with Crippen molar-refractivity contribution in [2.75, 3.05) is 23.5 Å². The summed E-state index contributed by atoms with van der Waals surface area (Å²) in [5, 5.41) is 0.875. The SMILES string of the molecule is COc1cc(Cl)ccc1N1C(=NC(C)=O)S[C@H]2CS(=O)(=O)C[C@H]21. The number of carbonyl (C=O) groups is 1. The number of methoxy groups -OCH3 is 1. The van der Waals surface area contributed by atoms with E-state index in [1.54, 1.807) is 23.1 Å². The van der Waals surface area contributed by atoms with Gasteiger partial charge in [-0.1, -0.05) is 23.4 Å². The highest BCUT2D eigenvalue weighted by Gasteiger charge is 2.49. The van der Waals surface area contributed by atoms with Crippen LogP contribution in [0.5, 0.6) is 5.75 Å². The third kappa shape index (κ3) is 3.20. The minimum absolute atomic E-state index is 0.0351. The molecule has 2 aliphatic heterocycles. The molecule has 9 heteroatoms. The fourth-order valence-electron chi connectivity index (χ4n) is 2.83. The Bertz CT molecular complexity index is 794. The van der Waals surface area contributed by atoms with Crippen LogP contribution >= 0.6 is 23.4 Å². The lowest BCUT2D eigenvalue weighted by Gasteiger charge is -2.26. The molecule has 1 aromatic rings. The summed E-state index contributed by atoms with van der Waals surface area (Å²) in [6.07, 6.45) is 0. The van der Waals surface area contributed by atoms with Gasteiger partial charge >= 0.3 is 0 Å². The maximum absolute atomic E-state index is 12.0. The quantitative estimate of drug-likeness (QED) is 0.787. The minimum Gasteiger partial charge on any atom is -0.495 e. The number of hydrogen-bond donors (Lipinski definition) is 0. The number of nitrogens with zero attached hydrogens (tertiary/aromatic N) is 2. The van der Waals surface area contributed by atoms with Crippen molar-refractivity contribution in [1.29, 1.82) is 0 Å². The Morgan fingerprint density at radius 1 is 1.43 bits per heavy atom. The zero-order valence-electron chi connectivity index (χ0n) is 12.5. The highest BCUT2D eigenvalue weighted by molar-refractivity contribution is 8.16. The molecule has 0 aliphatic carbocycles. The summed E-state index contributed by atoms with van der Waals surface area (Å²) in [5.74, 6) is 0.312. The van der Waals surface area contributed by atoms with Gasteiger partial charge in [-0.3, -0.25) is 4.79 Å². The van der Waals surface area contributed by atoms with E-state index in [1.807, 2.05) is 0 Å². The molecule has 0 bridgehead atoms. The van der Waals surface area contributed by atoms with Gasteiger partial charge in [0.1, 0.15) is 5.75 Å². The Kier molecular flexibility index (Phi) is 4.33. The summed E-state index contributed by atoms with van der Waals surface area (Å²) in [5.41, 5.74) is 0.661. The first-order chi connectivity index (χ1) is 10.8. The molecule has 2 atom stereocenters. The van der Waals surface area contributed by atoms with Crippen molar-refractivity contribution < 1.29 is 17.9 Å². The number of halogens is 1. The smallest absolute Gasteiger partial charge is 0.244 e. The van der Waals surface area contributed by atoms with Crippen LogP contribution in [0.4, 0.5) is 5.69 Å². The second kappa shape index (κ2) is 5.99. The molecule has 0 saturated carbocycles. The van der Waals surface area contributed by atoms with Gasteiger partial charge in [0.2, 0.25) is 5.91 Å². The van der Waals surface area contributed by atoms with Gasteiger partial charge in [-0.15, -0.1) is 0 Å². The summed E-state index contributed by atoms with van der Waals surface area (Å²) in [6.45, 7) is 1.37. The average Bonchev–Trinajstić information content (AvgIpc) is 2.89. The Labute approximate surface area is 143 Å². The number of thioether (sulfide) groups is 1. The molecule has 0 aromatic heterocycles. The molecule has 6 nitrogen and oxygen atoms in total. The summed E-state index contributed by atoms with van der Waals surface area (Å²) in [6, 6.07) is 4.85. The molecular weight excluding hydrogens is 360 g/mol. The number of anilines is 1. The monoisotopic (exact) mass is 374 g/mol. The van der Waals surface area contributed by atoms with Crippen LogP contribution in [-0.2, 0) is 14.6 Å². The molecular formula is C14H15ClN2O4S2. The van der Waals surface area contributed by atoms with Crippen molar-refractivity contribution in [2.24, 2.45) is 4.99 Å². The lowest BCUT2D eigenvalue weighted by atomic mass is 10.2. The number of hydrogen-bond acceptors (Lipinski definition) is 5. The van der Waals surface area contributed by atoms with Gasteiger partial charge in [0.15, 0.2) is 15.0 Å². The number of amidine groups is 1. The number of ether oxygens (including phenoxy) is 1. The van der Waals surface area contributed by atoms with Crippen molar-refractivity contribution in [3.8, 4) is 5.75 Å². The number of amides is 1. The number of sulfone groups is 1. The summed E-state index contributed by atoms with van der Waals surface area (Å²) < 4.78 is 29.3. The van der Waals surface area contributed by atoms with Gasteiger partial charge in [-0.2, -0.15) is 4.99 Å². The van der Waals surface area contributed by atoms with E-state index in [2.05, 4.69) is 4.99 Å². The largest absolute Gasteiger partial charge is 0.495 e. The lowest BCUT2D eigenvalue weighted by molar-refractivity contribution is -0.115. The second-order valence-electron chi connectivity index (χ2n) is 5.40. The molecule has 0 N–H and O–H groups in total. The standard InChI is InChI=1S/C14H15ClN2O4S2/c1-8(18)16-14-17(10-4-3-9(15)5-12(10)21-2)11-6-23(19,20)7-13(11)22-14/h3-5,11,13H,6-7H2,1-2H3/t11-,13+/m1/s1. The topological polar surface area (TPSA) is 76.0 Å². The van der Waals surface area contributed by atoms with Crippen LogP contribution < -0.4 is 9.64 Å². The van der Waals surface area contributed by atoms with E-state index in [1.165, 1.54) is 25.8 Å². The Hall–Kier alpha value is -1.25. The zero-order chi connectivity index (χ0) is 16.8. The van der Waals surface area contributed by atoms with E-state index in [0.29, 0.717) is 21.6 Å². The van der Waals surface area contributed by atoms with Crippen LogP contribution in [0.3, 0.4) is 0 Å². The molecule has 1 amide bonds. The first-order valence-corrected chi connectivity index (χ1v) is 9.98. The number of benzene rings is 1. The van der Waals surface area contributed by atoms with Gasteiger partial charge in [0, 0.05) is 23.3 Å².